The Morgan fingerprint density at radius 1 is 1.24 bits per heavy atom. The summed E-state index contributed by atoms with van der Waals surface area (Å²) in [6.45, 7) is 0. The molecule has 1 saturated carbocycles. The Hall–Kier alpha value is -1.70. The molecule has 21 heavy (non-hydrogen) atoms. The third kappa shape index (κ3) is 1.85. The minimum atomic E-state index is 0.0655. The number of thiophene rings is 1. The normalized spacial score (nSPS) is 18.5. The van der Waals surface area contributed by atoms with Crippen LogP contribution in [-0.4, -0.2) is 4.99 Å². The van der Waals surface area contributed by atoms with Crippen LogP contribution in [0.5, 0.6) is 0 Å². The third-order valence-electron chi connectivity index (χ3n) is 4.69. The molecule has 104 valence electrons. The fourth-order valence-electron chi connectivity index (χ4n) is 3.59. The molecular formula is C17H14N2S2. The average Bonchev–Trinajstić information content (AvgIpc) is 3.22. The zero-order chi connectivity index (χ0) is 14.4. The van der Waals surface area contributed by atoms with Crippen molar-refractivity contribution >= 4 is 34.2 Å². The summed E-state index contributed by atoms with van der Waals surface area (Å²) >= 11 is 7.26. The van der Waals surface area contributed by atoms with Gasteiger partial charge in [0.25, 0.3) is 0 Å². The quantitative estimate of drug-likeness (QED) is 0.765. The number of nitriles is 1. The second kappa shape index (κ2) is 4.66. The first-order valence-electron chi connectivity index (χ1n) is 7.18. The summed E-state index contributed by atoms with van der Waals surface area (Å²) in [5.74, 6) is 0. The Morgan fingerprint density at radius 3 is 2.76 bits per heavy atom. The second-order valence-corrected chi connectivity index (χ2v) is 7.13. The lowest BCUT2D eigenvalue weighted by Crippen LogP contribution is -2.29. The number of hydrogen-bond acceptors (Lipinski definition) is 3. The van der Waals surface area contributed by atoms with E-state index in [0.29, 0.717) is 0 Å². The zero-order valence-electron chi connectivity index (χ0n) is 11.5. The SMILES string of the molecule is N#Cc1csc(-c2ccc3c(c2)C2(CCCC2)C(=S)N3)c1. The van der Waals surface area contributed by atoms with Gasteiger partial charge in [-0.3, -0.25) is 0 Å². The highest BCUT2D eigenvalue weighted by molar-refractivity contribution is 7.80. The van der Waals surface area contributed by atoms with Gasteiger partial charge in [0.05, 0.1) is 10.6 Å². The molecule has 0 amide bonds. The largest absolute Gasteiger partial charge is 0.349 e. The first-order chi connectivity index (χ1) is 10.2. The molecule has 1 aliphatic heterocycles. The Bertz CT molecular complexity index is 776. The molecular weight excluding hydrogens is 296 g/mol. The molecule has 1 spiro atoms. The van der Waals surface area contributed by atoms with Crippen molar-refractivity contribution < 1.29 is 0 Å². The highest BCUT2D eigenvalue weighted by Crippen LogP contribution is 2.50. The van der Waals surface area contributed by atoms with Crippen LogP contribution < -0.4 is 5.32 Å². The van der Waals surface area contributed by atoms with E-state index in [4.69, 9.17) is 17.5 Å². The van der Waals surface area contributed by atoms with Crippen molar-refractivity contribution in [2.45, 2.75) is 31.1 Å². The Morgan fingerprint density at radius 2 is 2.05 bits per heavy atom. The van der Waals surface area contributed by atoms with Crippen LogP contribution in [0.15, 0.2) is 29.6 Å². The molecule has 2 nitrogen and oxygen atoms in total. The third-order valence-corrected chi connectivity index (χ3v) is 6.16. The molecule has 1 aliphatic carbocycles. The number of anilines is 1. The molecule has 0 bridgehead atoms. The van der Waals surface area contributed by atoms with Crippen LogP contribution >= 0.6 is 23.6 Å². The fourth-order valence-corrected chi connectivity index (χ4v) is 4.84. The molecule has 1 N–H and O–H groups in total. The molecule has 2 aliphatic rings. The van der Waals surface area contributed by atoms with Crippen molar-refractivity contribution in [2.24, 2.45) is 0 Å². The van der Waals surface area contributed by atoms with Crippen molar-refractivity contribution in [1.29, 1.82) is 5.26 Å². The highest BCUT2D eigenvalue weighted by Gasteiger charge is 2.45. The van der Waals surface area contributed by atoms with Gasteiger partial charge in [-0.15, -0.1) is 11.3 Å². The second-order valence-electron chi connectivity index (χ2n) is 5.82. The van der Waals surface area contributed by atoms with Crippen molar-refractivity contribution in [3.05, 3.63) is 40.8 Å². The van der Waals surface area contributed by atoms with Crippen LogP contribution in [0.1, 0.15) is 36.8 Å². The predicted molar refractivity (Wildman–Crippen MR) is 90.8 cm³/mol. The van der Waals surface area contributed by atoms with Crippen molar-refractivity contribution in [3.63, 3.8) is 0 Å². The molecule has 1 aromatic heterocycles. The maximum absolute atomic E-state index is 8.98. The number of hydrogen-bond donors (Lipinski definition) is 1. The molecule has 4 rings (SSSR count). The van der Waals surface area contributed by atoms with Gasteiger partial charge in [0.2, 0.25) is 0 Å². The van der Waals surface area contributed by atoms with Gasteiger partial charge >= 0.3 is 0 Å². The van der Waals surface area contributed by atoms with Crippen LogP contribution in [0.3, 0.4) is 0 Å². The lowest BCUT2D eigenvalue weighted by molar-refractivity contribution is 0.620. The van der Waals surface area contributed by atoms with Gasteiger partial charge in [-0.25, -0.2) is 0 Å². The molecule has 0 unspecified atom stereocenters. The molecule has 4 heteroatoms. The molecule has 1 fully saturated rings. The number of nitrogens with zero attached hydrogens (tertiary/aromatic N) is 1. The number of benzene rings is 1. The molecule has 2 aromatic rings. The van der Waals surface area contributed by atoms with E-state index in [1.54, 1.807) is 11.3 Å². The topological polar surface area (TPSA) is 35.8 Å². The van der Waals surface area contributed by atoms with Gasteiger partial charge in [0.15, 0.2) is 0 Å². The van der Waals surface area contributed by atoms with Gasteiger partial charge in [0.1, 0.15) is 6.07 Å². The molecule has 2 heterocycles. The maximum atomic E-state index is 8.98. The van der Waals surface area contributed by atoms with Gasteiger partial charge in [-0.1, -0.05) is 31.1 Å². The summed E-state index contributed by atoms with van der Waals surface area (Å²) in [6, 6.07) is 10.7. The van der Waals surface area contributed by atoms with Crippen LogP contribution in [0.25, 0.3) is 10.4 Å². The zero-order valence-corrected chi connectivity index (χ0v) is 13.1. The van der Waals surface area contributed by atoms with Gasteiger partial charge in [0, 0.05) is 21.4 Å². The van der Waals surface area contributed by atoms with Crippen molar-refractivity contribution in [2.75, 3.05) is 5.32 Å². The predicted octanol–water partition coefficient (Wildman–Crippen LogP) is 4.85. The Balaban J connectivity index is 1.83. The molecule has 0 saturated heterocycles. The molecule has 1 aromatic carbocycles. The number of rotatable bonds is 1. The van der Waals surface area contributed by atoms with E-state index in [-0.39, 0.29) is 5.41 Å². The van der Waals surface area contributed by atoms with Crippen molar-refractivity contribution in [1.82, 2.24) is 0 Å². The van der Waals surface area contributed by atoms with Crippen LogP contribution in [-0.2, 0) is 5.41 Å². The summed E-state index contributed by atoms with van der Waals surface area (Å²) < 4.78 is 0. The van der Waals surface area contributed by atoms with E-state index in [0.717, 1.165) is 28.3 Å². The lowest BCUT2D eigenvalue weighted by Gasteiger charge is -2.23. The summed E-state index contributed by atoms with van der Waals surface area (Å²) in [7, 11) is 0. The first-order valence-corrected chi connectivity index (χ1v) is 8.47. The average molecular weight is 310 g/mol. The first kappa shape index (κ1) is 13.0. The van der Waals surface area contributed by atoms with Gasteiger partial charge in [-0.05, 0) is 42.2 Å². The van der Waals surface area contributed by atoms with E-state index < -0.39 is 0 Å². The minimum Gasteiger partial charge on any atom is -0.349 e. The standard InChI is InChI=1S/C17H14N2S2/c18-9-11-7-15(21-10-11)12-3-4-14-13(8-12)17(16(20)19-14)5-1-2-6-17/h3-4,7-8,10H,1-2,5-6H2,(H,19,20). The maximum Gasteiger partial charge on any atom is 0.100 e. The monoisotopic (exact) mass is 310 g/mol. The fraction of sp³-hybridized carbons (Fsp3) is 0.294. The lowest BCUT2D eigenvalue weighted by atomic mass is 9.80. The Kier molecular flexibility index (Phi) is 2.88. The van der Waals surface area contributed by atoms with E-state index in [9.17, 15) is 0 Å². The number of fused-ring (bicyclic) bond motifs is 2. The van der Waals surface area contributed by atoms with Crippen molar-refractivity contribution in [3.8, 4) is 16.5 Å². The number of thiocarbonyl (C=S) groups is 1. The number of nitrogens with one attached hydrogen (secondary N) is 1. The highest BCUT2D eigenvalue weighted by atomic mass is 32.1. The minimum absolute atomic E-state index is 0.0655. The summed E-state index contributed by atoms with van der Waals surface area (Å²) in [6.07, 6.45) is 4.82. The molecule has 0 radical (unpaired) electrons. The van der Waals surface area contributed by atoms with Crippen LogP contribution in [0.2, 0.25) is 0 Å². The van der Waals surface area contributed by atoms with E-state index >= 15 is 0 Å². The van der Waals surface area contributed by atoms with E-state index in [1.807, 2.05) is 11.4 Å². The van der Waals surface area contributed by atoms with E-state index in [2.05, 4.69) is 29.6 Å². The summed E-state index contributed by atoms with van der Waals surface area (Å²) in [5, 5.41) is 14.3. The summed E-state index contributed by atoms with van der Waals surface area (Å²) in [5.41, 5.74) is 4.52. The van der Waals surface area contributed by atoms with Gasteiger partial charge in [-0.2, -0.15) is 5.26 Å². The Labute approximate surface area is 133 Å². The molecule has 0 atom stereocenters. The summed E-state index contributed by atoms with van der Waals surface area (Å²) in [4.78, 5) is 2.15. The van der Waals surface area contributed by atoms with Crippen LogP contribution in [0, 0.1) is 11.3 Å². The smallest absolute Gasteiger partial charge is 0.100 e. The van der Waals surface area contributed by atoms with Gasteiger partial charge < -0.3 is 5.32 Å². The van der Waals surface area contributed by atoms with Crippen LogP contribution in [0.4, 0.5) is 5.69 Å². The van der Waals surface area contributed by atoms with E-state index in [1.165, 1.54) is 29.7 Å².